The van der Waals surface area contributed by atoms with Crippen LogP contribution in [0.2, 0.25) is 0 Å². The van der Waals surface area contributed by atoms with Crippen LogP contribution in [0.5, 0.6) is 0 Å². The standard InChI is InChI=1S/C29H26N2O5/c32-27-25-18-24(17-16-21-10-4-1-5-11-21)26(27)31(29(34)36-20-23-14-8-3-9-15-23)30(25)28(33)35-19-22-12-6-2-7-13-22/h1-15,24-27,32H,18-20H2/t24?,25-,26+,27+/m1/s1. The van der Waals surface area contributed by atoms with E-state index in [-0.39, 0.29) is 19.1 Å². The number of aliphatic hydroxyl groups excluding tert-OH is 1. The number of nitrogens with zero attached hydrogens (tertiary/aromatic N) is 2. The number of carbonyl (C=O) groups is 2. The Kier molecular flexibility index (Phi) is 6.87. The first kappa shape index (κ1) is 23.5. The van der Waals surface area contributed by atoms with Crippen molar-refractivity contribution in [2.45, 2.75) is 37.8 Å². The molecule has 1 unspecified atom stereocenters. The molecule has 36 heavy (non-hydrogen) atoms. The zero-order valence-electron chi connectivity index (χ0n) is 19.6. The van der Waals surface area contributed by atoms with Crippen LogP contribution in [0.1, 0.15) is 23.1 Å². The topological polar surface area (TPSA) is 79.3 Å². The fourth-order valence-corrected chi connectivity index (χ4v) is 4.71. The van der Waals surface area contributed by atoms with Crippen LogP contribution in [-0.2, 0) is 22.7 Å². The molecule has 0 aromatic heterocycles. The molecule has 3 aromatic carbocycles. The fourth-order valence-electron chi connectivity index (χ4n) is 4.71. The lowest BCUT2D eigenvalue weighted by Crippen LogP contribution is -2.55. The summed E-state index contributed by atoms with van der Waals surface area (Å²) >= 11 is 0. The summed E-state index contributed by atoms with van der Waals surface area (Å²) in [5, 5.41) is 13.4. The summed E-state index contributed by atoms with van der Waals surface area (Å²) in [7, 11) is 0. The van der Waals surface area contributed by atoms with Gasteiger partial charge in [-0.25, -0.2) is 19.6 Å². The molecule has 1 saturated carbocycles. The van der Waals surface area contributed by atoms with Gasteiger partial charge in [0, 0.05) is 11.5 Å². The SMILES string of the molecule is O=C(OCc1ccccc1)N1[C@@H]2CC(C#Cc3ccccc3)[C@@H]([C@H]2O)N1C(=O)OCc1ccccc1. The molecule has 1 N–H and O–H groups in total. The van der Waals surface area contributed by atoms with Crippen molar-refractivity contribution in [1.29, 1.82) is 0 Å². The van der Waals surface area contributed by atoms with E-state index in [4.69, 9.17) is 9.47 Å². The number of hydrogen-bond donors (Lipinski definition) is 1. The molecule has 0 radical (unpaired) electrons. The molecule has 1 aliphatic heterocycles. The molecule has 4 atom stereocenters. The van der Waals surface area contributed by atoms with Crippen molar-refractivity contribution >= 4 is 12.2 Å². The molecule has 5 rings (SSSR count). The molecule has 7 nitrogen and oxygen atoms in total. The minimum absolute atomic E-state index is 0.0386. The summed E-state index contributed by atoms with van der Waals surface area (Å²) in [6.07, 6.45) is -1.98. The van der Waals surface area contributed by atoms with Crippen molar-refractivity contribution in [2.24, 2.45) is 5.92 Å². The third-order valence-corrected chi connectivity index (χ3v) is 6.44. The predicted molar refractivity (Wildman–Crippen MR) is 132 cm³/mol. The Morgan fingerprint density at radius 3 is 1.83 bits per heavy atom. The molecule has 7 heteroatoms. The van der Waals surface area contributed by atoms with Crippen LogP contribution in [-0.4, -0.2) is 45.5 Å². The molecule has 1 heterocycles. The summed E-state index contributed by atoms with van der Waals surface area (Å²) in [6, 6.07) is 26.7. The maximum absolute atomic E-state index is 13.3. The van der Waals surface area contributed by atoms with E-state index in [0.717, 1.165) is 16.7 Å². The largest absolute Gasteiger partial charge is 0.443 e. The van der Waals surface area contributed by atoms with Crippen molar-refractivity contribution in [3.8, 4) is 11.8 Å². The third-order valence-electron chi connectivity index (χ3n) is 6.44. The van der Waals surface area contributed by atoms with Gasteiger partial charge in [-0.1, -0.05) is 90.7 Å². The van der Waals surface area contributed by atoms with Crippen LogP contribution in [0.3, 0.4) is 0 Å². The average molecular weight is 483 g/mol. The van der Waals surface area contributed by atoms with Crippen molar-refractivity contribution < 1.29 is 24.2 Å². The van der Waals surface area contributed by atoms with E-state index < -0.39 is 30.4 Å². The second kappa shape index (κ2) is 10.5. The van der Waals surface area contributed by atoms with Crippen LogP contribution < -0.4 is 0 Å². The molecule has 1 aliphatic carbocycles. The van der Waals surface area contributed by atoms with Crippen molar-refractivity contribution in [3.63, 3.8) is 0 Å². The molecule has 2 aliphatic rings. The number of amides is 2. The van der Waals surface area contributed by atoms with E-state index in [1.165, 1.54) is 10.0 Å². The molecule has 0 spiro atoms. The van der Waals surface area contributed by atoms with Crippen LogP contribution in [0.4, 0.5) is 9.59 Å². The number of hydrazine groups is 1. The highest BCUT2D eigenvalue weighted by molar-refractivity contribution is 5.76. The Morgan fingerprint density at radius 2 is 1.28 bits per heavy atom. The maximum atomic E-state index is 13.3. The van der Waals surface area contributed by atoms with E-state index in [1.54, 1.807) is 0 Å². The van der Waals surface area contributed by atoms with Gasteiger partial charge >= 0.3 is 12.2 Å². The molecule has 3 aromatic rings. The van der Waals surface area contributed by atoms with Crippen molar-refractivity contribution in [2.75, 3.05) is 0 Å². The van der Waals surface area contributed by atoms with Gasteiger partial charge in [0.1, 0.15) is 19.3 Å². The quantitative estimate of drug-likeness (QED) is 0.559. The second-order valence-electron chi connectivity index (χ2n) is 8.80. The Hall–Kier alpha value is -4.28. The van der Waals surface area contributed by atoms with Gasteiger partial charge < -0.3 is 14.6 Å². The molecule has 182 valence electrons. The monoisotopic (exact) mass is 482 g/mol. The van der Waals surface area contributed by atoms with Gasteiger partial charge in [0.15, 0.2) is 0 Å². The number of carbonyl (C=O) groups excluding carboxylic acids is 2. The highest BCUT2D eigenvalue weighted by Gasteiger charge is 2.61. The van der Waals surface area contributed by atoms with Gasteiger partial charge in [0.2, 0.25) is 0 Å². The summed E-state index contributed by atoms with van der Waals surface area (Å²) in [5.41, 5.74) is 2.47. The summed E-state index contributed by atoms with van der Waals surface area (Å²) in [4.78, 5) is 26.4. The number of rotatable bonds is 4. The fraction of sp³-hybridized carbons (Fsp3) is 0.241. The zero-order chi connectivity index (χ0) is 24.9. The van der Waals surface area contributed by atoms with E-state index in [1.807, 2.05) is 91.0 Å². The number of ether oxygens (including phenoxy) is 2. The Bertz CT molecular complexity index is 1260. The van der Waals surface area contributed by atoms with Gasteiger partial charge in [-0.2, -0.15) is 0 Å². The van der Waals surface area contributed by atoms with Gasteiger partial charge in [-0.15, -0.1) is 0 Å². The van der Waals surface area contributed by atoms with Crippen molar-refractivity contribution in [1.82, 2.24) is 10.0 Å². The third kappa shape index (κ3) is 4.90. The maximum Gasteiger partial charge on any atom is 0.429 e. The lowest BCUT2D eigenvalue weighted by Gasteiger charge is -2.37. The minimum atomic E-state index is -0.964. The molecule has 2 fully saturated rings. The normalized spacial score (nSPS) is 22.0. The summed E-state index contributed by atoms with van der Waals surface area (Å²) in [6.45, 7) is 0.0880. The van der Waals surface area contributed by atoms with Crippen molar-refractivity contribution in [3.05, 3.63) is 108 Å². The van der Waals surface area contributed by atoms with Gasteiger partial charge in [0.05, 0.1) is 12.1 Å². The number of benzene rings is 3. The minimum Gasteiger partial charge on any atom is -0.443 e. The van der Waals surface area contributed by atoms with Gasteiger partial charge in [0.25, 0.3) is 0 Å². The molecule has 2 amide bonds. The number of fused-ring (bicyclic) bond motifs is 2. The molecule has 1 saturated heterocycles. The second-order valence-corrected chi connectivity index (χ2v) is 8.80. The highest BCUT2D eigenvalue weighted by atomic mass is 16.6. The Balaban J connectivity index is 1.36. The van der Waals surface area contributed by atoms with E-state index in [0.29, 0.717) is 6.42 Å². The van der Waals surface area contributed by atoms with E-state index in [2.05, 4.69) is 11.8 Å². The zero-order valence-corrected chi connectivity index (χ0v) is 19.6. The van der Waals surface area contributed by atoms with E-state index in [9.17, 15) is 14.7 Å². The molecular weight excluding hydrogens is 456 g/mol. The molecular formula is C29H26N2O5. The first-order valence-corrected chi connectivity index (χ1v) is 11.9. The lowest BCUT2D eigenvalue weighted by molar-refractivity contribution is -0.0510. The predicted octanol–water partition coefficient (Wildman–Crippen LogP) is 4.36. The van der Waals surface area contributed by atoms with Crippen LogP contribution in [0.15, 0.2) is 91.0 Å². The highest BCUT2D eigenvalue weighted by Crippen LogP contribution is 2.42. The van der Waals surface area contributed by atoms with Crippen LogP contribution in [0.25, 0.3) is 0 Å². The first-order chi connectivity index (χ1) is 17.6. The number of aliphatic hydroxyl groups is 1. The lowest BCUT2D eigenvalue weighted by atomic mass is 10.0. The molecule has 2 bridgehead atoms. The van der Waals surface area contributed by atoms with Crippen LogP contribution in [0, 0.1) is 17.8 Å². The Morgan fingerprint density at radius 1 is 0.778 bits per heavy atom. The Labute approximate surface area is 209 Å². The van der Waals surface area contributed by atoms with E-state index >= 15 is 0 Å². The number of hydrogen-bond acceptors (Lipinski definition) is 5. The summed E-state index contributed by atoms with van der Waals surface area (Å²) < 4.78 is 11.1. The smallest absolute Gasteiger partial charge is 0.429 e. The van der Waals surface area contributed by atoms with Crippen LogP contribution >= 0.6 is 0 Å². The first-order valence-electron chi connectivity index (χ1n) is 11.9. The van der Waals surface area contributed by atoms with Gasteiger partial charge in [-0.3, -0.25) is 0 Å². The average Bonchev–Trinajstić information content (AvgIpc) is 3.40. The summed E-state index contributed by atoms with van der Waals surface area (Å²) in [5.74, 6) is 6.00. The van der Waals surface area contributed by atoms with Gasteiger partial charge in [-0.05, 0) is 29.7 Å².